The van der Waals surface area contributed by atoms with E-state index in [-0.39, 0.29) is 0 Å². The molecule has 0 saturated carbocycles. The fourth-order valence-electron chi connectivity index (χ4n) is 0.321. The van der Waals surface area contributed by atoms with Crippen molar-refractivity contribution < 1.29 is 4.79 Å². The van der Waals surface area contributed by atoms with Gasteiger partial charge in [0.1, 0.15) is 5.69 Å². The van der Waals surface area contributed by atoms with Gasteiger partial charge in [-0.05, 0) is 33.5 Å². The highest BCUT2D eigenvalue weighted by molar-refractivity contribution is 9.11. The van der Waals surface area contributed by atoms with Crippen molar-refractivity contribution in [2.75, 3.05) is 0 Å². The van der Waals surface area contributed by atoms with Gasteiger partial charge in [-0.2, -0.15) is 4.37 Å². The zero-order valence-electron chi connectivity index (χ0n) is 3.80. The van der Waals surface area contributed by atoms with E-state index >= 15 is 0 Å². The fraction of sp³-hybridized carbons (Fsp3) is 0. The second-order valence-electron chi connectivity index (χ2n) is 1.17. The molecule has 1 heterocycles. The van der Waals surface area contributed by atoms with Crippen molar-refractivity contribution in [1.82, 2.24) is 4.37 Å². The molecule has 1 aromatic heterocycles. The highest BCUT2D eigenvalue weighted by Crippen LogP contribution is 2.14. The van der Waals surface area contributed by atoms with Crippen LogP contribution in [-0.2, 0) is 0 Å². The van der Waals surface area contributed by atoms with Gasteiger partial charge < -0.3 is 0 Å². The van der Waals surface area contributed by atoms with Crippen molar-refractivity contribution in [2.45, 2.75) is 0 Å². The van der Waals surface area contributed by atoms with E-state index in [1.54, 1.807) is 6.07 Å². The number of rotatable bonds is 1. The van der Waals surface area contributed by atoms with Gasteiger partial charge in [0.25, 0.3) is 0 Å². The summed E-state index contributed by atoms with van der Waals surface area (Å²) in [6.45, 7) is 0. The lowest BCUT2D eigenvalue weighted by atomic mass is 10.5. The Kier molecular flexibility index (Phi) is 1.75. The Labute approximate surface area is 58.8 Å². The summed E-state index contributed by atoms with van der Waals surface area (Å²) < 4.78 is 4.65. The molecule has 0 saturated heterocycles. The predicted octanol–water partition coefficient (Wildman–Crippen LogP) is 1.72. The molecule has 2 nitrogen and oxygen atoms in total. The molecule has 0 bridgehead atoms. The Hall–Kier alpha value is -0.220. The van der Waals surface area contributed by atoms with Crippen LogP contribution in [0.3, 0.4) is 0 Å². The van der Waals surface area contributed by atoms with Crippen LogP contribution in [0.4, 0.5) is 0 Å². The van der Waals surface area contributed by atoms with E-state index in [1.165, 1.54) is 11.5 Å². The SMILES string of the molecule is O=Cc1cc(Br)sn1. The van der Waals surface area contributed by atoms with Gasteiger partial charge in [-0.1, -0.05) is 0 Å². The number of aldehydes is 1. The number of aromatic nitrogens is 1. The zero-order valence-corrected chi connectivity index (χ0v) is 6.20. The molecule has 4 heteroatoms. The number of hydrogen-bond donors (Lipinski definition) is 0. The molecule has 0 amide bonds. The molecule has 8 heavy (non-hydrogen) atoms. The maximum Gasteiger partial charge on any atom is 0.169 e. The maximum absolute atomic E-state index is 9.94. The first-order valence-electron chi connectivity index (χ1n) is 1.90. The summed E-state index contributed by atoms with van der Waals surface area (Å²) in [5.41, 5.74) is 0.488. The minimum atomic E-state index is 0.488. The third-order valence-corrected chi connectivity index (χ3v) is 1.88. The quantitative estimate of drug-likeness (QED) is 0.634. The van der Waals surface area contributed by atoms with Gasteiger partial charge >= 0.3 is 0 Å². The molecule has 0 aliphatic carbocycles. The molecule has 0 unspecified atom stereocenters. The fourth-order valence-corrected chi connectivity index (χ4v) is 1.23. The number of carbonyl (C=O) groups is 1. The molecule has 0 N–H and O–H groups in total. The first-order valence-corrected chi connectivity index (χ1v) is 3.47. The molecule has 0 aromatic carbocycles. The Balaban J connectivity index is 3.00. The van der Waals surface area contributed by atoms with Gasteiger partial charge in [0.15, 0.2) is 6.29 Å². The van der Waals surface area contributed by atoms with E-state index < -0.39 is 0 Å². The molecule has 0 aliphatic rings. The van der Waals surface area contributed by atoms with E-state index in [0.29, 0.717) is 5.69 Å². The van der Waals surface area contributed by atoms with Crippen LogP contribution in [0.25, 0.3) is 0 Å². The van der Waals surface area contributed by atoms with Crippen LogP contribution in [0, 0.1) is 0 Å². The minimum absolute atomic E-state index is 0.488. The Morgan fingerprint density at radius 3 is 2.88 bits per heavy atom. The van der Waals surface area contributed by atoms with Crippen molar-refractivity contribution in [3.05, 3.63) is 15.5 Å². The molecule has 0 radical (unpaired) electrons. The molecule has 42 valence electrons. The van der Waals surface area contributed by atoms with Crippen LogP contribution < -0.4 is 0 Å². The van der Waals surface area contributed by atoms with Crippen molar-refractivity contribution >= 4 is 33.7 Å². The topological polar surface area (TPSA) is 30.0 Å². The molecule has 0 spiro atoms. The average Bonchev–Trinajstić information content (AvgIpc) is 2.14. The van der Waals surface area contributed by atoms with E-state index in [9.17, 15) is 4.79 Å². The monoisotopic (exact) mass is 191 g/mol. The summed E-state index contributed by atoms with van der Waals surface area (Å²) in [5, 5.41) is 0. The Bertz CT molecular complexity index is 198. The standard InChI is InChI=1S/C4H2BrNOS/c5-4-1-3(2-7)6-8-4/h1-2H. The summed E-state index contributed by atoms with van der Waals surface area (Å²) in [5.74, 6) is 0. The summed E-state index contributed by atoms with van der Waals surface area (Å²) in [4.78, 5) is 9.94. The molecule has 0 fully saturated rings. The summed E-state index contributed by atoms with van der Waals surface area (Å²) >= 11 is 4.43. The lowest BCUT2D eigenvalue weighted by Gasteiger charge is -1.65. The summed E-state index contributed by atoms with van der Waals surface area (Å²) in [6.07, 6.45) is 0.723. The van der Waals surface area contributed by atoms with Crippen molar-refractivity contribution in [1.29, 1.82) is 0 Å². The Morgan fingerprint density at radius 1 is 1.88 bits per heavy atom. The lowest BCUT2D eigenvalue weighted by Crippen LogP contribution is -1.71. The van der Waals surface area contributed by atoms with Crippen LogP contribution in [0.2, 0.25) is 0 Å². The second kappa shape index (κ2) is 2.37. The van der Waals surface area contributed by atoms with Crippen LogP contribution in [0.1, 0.15) is 10.5 Å². The highest BCUT2D eigenvalue weighted by Gasteiger charge is 1.93. The van der Waals surface area contributed by atoms with Gasteiger partial charge in [-0.3, -0.25) is 4.79 Å². The van der Waals surface area contributed by atoms with Gasteiger partial charge in [-0.15, -0.1) is 0 Å². The normalized spacial score (nSPS) is 9.12. The molecule has 1 rings (SSSR count). The third kappa shape index (κ3) is 1.14. The molecular formula is C4H2BrNOS. The van der Waals surface area contributed by atoms with Gasteiger partial charge in [0.05, 0.1) is 3.79 Å². The summed E-state index contributed by atoms with van der Waals surface area (Å²) in [6, 6.07) is 1.68. The largest absolute Gasteiger partial charge is 0.296 e. The highest BCUT2D eigenvalue weighted by atomic mass is 79.9. The van der Waals surface area contributed by atoms with E-state index in [0.717, 1.165) is 10.1 Å². The average molecular weight is 192 g/mol. The van der Waals surface area contributed by atoms with Crippen LogP contribution in [0.5, 0.6) is 0 Å². The summed E-state index contributed by atoms with van der Waals surface area (Å²) in [7, 11) is 0. The Morgan fingerprint density at radius 2 is 2.62 bits per heavy atom. The maximum atomic E-state index is 9.94. The van der Waals surface area contributed by atoms with E-state index in [4.69, 9.17) is 0 Å². The van der Waals surface area contributed by atoms with E-state index in [2.05, 4.69) is 20.3 Å². The lowest BCUT2D eigenvalue weighted by molar-refractivity contribution is 0.112. The van der Waals surface area contributed by atoms with E-state index in [1.807, 2.05) is 0 Å². The van der Waals surface area contributed by atoms with Crippen LogP contribution in [-0.4, -0.2) is 10.7 Å². The van der Waals surface area contributed by atoms with Crippen molar-refractivity contribution in [2.24, 2.45) is 0 Å². The molecule has 1 aromatic rings. The molecular weight excluding hydrogens is 190 g/mol. The van der Waals surface area contributed by atoms with Crippen LogP contribution in [0.15, 0.2) is 9.85 Å². The number of nitrogens with zero attached hydrogens (tertiary/aromatic N) is 1. The van der Waals surface area contributed by atoms with Crippen LogP contribution >= 0.6 is 27.5 Å². The number of hydrogen-bond acceptors (Lipinski definition) is 3. The predicted molar refractivity (Wildman–Crippen MR) is 35.2 cm³/mol. The van der Waals surface area contributed by atoms with Crippen molar-refractivity contribution in [3.63, 3.8) is 0 Å². The number of halogens is 1. The van der Waals surface area contributed by atoms with Gasteiger partial charge in [-0.25, -0.2) is 0 Å². The molecule has 0 aliphatic heterocycles. The minimum Gasteiger partial charge on any atom is -0.296 e. The van der Waals surface area contributed by atoms with Gasteiger partial charge in [0, 0.05) is 0 Å². The zero-order chi connectivity index (χ0) is 5.98. The molecule has 0 atom stereocenters. The third-order valence-electron chi connectivity index (χ3n) is 0.620. The second-order valence-corrected chi connectivity index (χ2v) is 3.36. The van der Waals surface area contributed by atoms with Crippen molar-refractivity contribution in [3.8, 4) is 0 Å². The first kappa shape index (κ1) is 5.91. The van der Waals surface area contributed by atoms with Gasteiger partial charge in [0.2, 0.25) is 0 Å². The smallest absolute Gasteiger partial charge is 0.169 e. The number of carbonyl (C=O) groups excluding carboxylic acids is 1. The first-order chi connectivity index (χ1) is 3.83.